The van der Waals surface area contributed by atoms with Crippen LogP contribution in [0.4, 0.5) is 0 Å². The normalized spacial score (nSPS) is 19.2. The second kappa shape index (κ2) is 13.1. The molecule has 0 saturated carbocycles. The molecule has 14 heteroatoms. The minimum absolute atomic E-state index is 0.324. The van der Waals surface area contributed by atoms with Crippen molar-refractivity contribution < 1.29 is 51.2 Å². The summed E-state index contributed by atoms with van der Waals surface area (Å²) in [4.78, 5) is 28.3. The van der Waals surface area contributed by atoms with Crippen LogP contribution >= 0.6 is 23.5 Å². The van der Waals surface area contributed by atoms with E-state index in [0.29, 0.717) is 12.0 Å². The van der Waals surface area contributed by atoms with Gasteiger partial charge in [-0.1, -0.05) is 29.4 Å². The fourth-order valence-electron chi connectivity index (χ4n) is 1.63. The van der Waals surface area contributed by atoms with Gasteiger partial charge < -0.3 is 19.8 Å². The summed E-state index contributed by atoms with van der Waals surface area (Å²) >= 11 is 0. The molecular formula is C15H29O11P3. The molecule has 3 atom stereocenters. The van der Waals surface area contributed by atoms with Gasteiger partial charge in [-0.2, -0.15) is 8.62 Å². The summed E-state index contributed by atoms with van der Waals surface area (Å²) < 4.78 is 51.9. The molecule has 0 spiro atoms. The Morgan fingerprint density at radius 2 is 1.21 bits per heavy atom. The van der Waals surface area contributed by atoms with Crippen LogP contribution in [0.2, 0.25) is 0 Å². The maximum Gasteiger partial charge on any atom is 0.490 e. The Hall–Kier alpha value is -0.410. The number of rotatable bonds is 14. The fourth-order valence-corrected chi connectivity index (χ4v) is 5.00. The molecule has 0 aromatic carbocycles. The lowest BCUT2D eigenvalue weighted by Crippen LogP contribution is -1.99. The molecule has 0 fully saturated rings. The fraction of sp³-hybridized carbons (Fsp3) is 0.600. The molecule has 0 aromatic rings. The number of phosphoric acid groups is 3. The largest absolute Gasteiger partial charge is 0.490 e. The van der Waals surface area contributed by atoms with Crippen molar-refractivity contribution >= 4 is 23.5 Å². The number of aliphatic hydroxyl groups excluding tert-OH is 1. The van der Waals surface area contributed by atoms with Crippen LogP contribution in [0.5, 0.6) is 0 Å². The number of hydrogen-bond acceptors (Lipinski definition) is 8. The molecule has 0 aliphatic rings. The quantitative estimate of drug-likeness (QED) is 0.210. The van der Waals surface area contributed by atoms with Crippen LogP contribution in [0.25, 0.3) is 0 Å². The summed E-state index contributed by atoms with van der Waals surface area (Å²) in [6.07, 6.45) is 6.19. The van der Waals surface area contributed by atoms with Gasteiger partial charge in [-0.15, -0.1) is 0 Å². The molecule has 0 heterocycles. The van der Waals surface area contributed by atoms with E-state index in [1.54, 1.807) is 6.92 Å². The first-order chi connectivity index (χ1) is 13.2. The standard InChI is InChI=1S/C15H29O11P3/c1-13(2)6-5-7-14(3)8-10-23-27(17,18)25-29(21,22)26-28(19,20)24-11-9-15(4)12-16/h6,8-9,16H,5,7,10-12H2,1-4H3,(H,17,18)(H,19,20)(H,21,22)/b14-8+,15-9+. The first kappa shape index (κ1) is 28.6. The average Bonchev–Trinajstić information content (AvgIpc) is 2.51. The zero-order valence-electron chi connectivity index (χ0n) is 16.8. The summed E-state index contributed by atoms with van der Waals surface area (Å²) in [6.45, 7) is 5.95. The second-order valence-electron chi connectivity index (χ2n) is 6.24. The molecule has 170 valence electrons. The van der Waals surface area contributed by atoms with Gasteiger partial charge in [-0.3, -0.25) is 9.05 Å². The third kappa shape index (κ3) is 16.0. The van der Waals surface area contributed by atoms with Crippen LogP contribution in [0, 0.1) is 0 Å². The minimum Gasteiger partial charge on any atom is -0.392 e. The van der Waals surface area contributed by atoms with E-state index in [2.05, 4.69) is 17.7 Å². The van der Waals surface area contributed by atoms with Gasteiger partial charge in [-0.05, 0) is 46.1 Å². The first-order valence-electron chi connectivity index (χ1n) is 8.43. The lowest BCUT2D eigenvalue weighted by Gasteiger charge is -2.17. The minimum atomic E-state index is -5.47. The highest BCUT2D eigenvalue weighted by molar-refractivity contribution is 7.66. The molecule has 0 radical (unpaired) electrons. The first-order valence-corrected chi connectivity index (χ1v) is 12.9. The molecule has 0 amide bonds. The van der Waals surface area contributed by atoms with Crippen LogP contribution in [0.3, 0.4) is 0 Å². The van der Waals surface area contributed by atoms with Gasteiger partial charge in [0.15, 0.2) is 0 Å². The van der Waals surface area contributed by atoms with E-state index >= 15 is 0 Å². The van der Waals surface area contributed by atoms with Crippen molar-refractivity contribution in [2.75, 3.05) is 19.8 Å². The van der Waals surface area contributed by atoms with Crippen LogP contribution < -0.4 is 0 Å². The Kier molecular flexibility index (Phi) is 12.9. The smallest absolute Gasteiger partial charge is 0.392 e. The number of phosphoric ester groups is 2. The predicted octanol–water partition coefficient (Wildman–Crippen LogP) is 3.99. The van der Waals surface area contributed by atoms with Crippen molar-refractivity contribution in [3.05, 3.63) is 34.9 Å². The maximum absolute atomic E-state index is 11.8. The lowest BCUT2D eigenvalue weighted by molar-refractivity contribution is 0.169. The summed E-state index contributed by atoms with van der Waals surface area (Å²) in [7, 11) is -15.6. The Morgan fingerprint density at radius 1 is 0.759 bits per heavy atom. The van der Waals surface area contributed by atoms with Crippen LogP contribution in [-0.4, -0.2) is 39.6 Å². The van der Waals surface area contributed by atoms with E-state index in [-0.39, 0.29) is 6.61 Å². The van der Waals surface area contributed by atoms with Gasteiger partial charge >= 0.3 is 23.5 Å². The number of allylic oxidation sites excluding steroid dienone is 3. The number of aliphatic hydroxyl groups is 1. The van der Waals surface area contributed by atoms with E-state index in [9.17, 15) is 28.4 Å². The maximum atomic E-state index is 11.8. The van der Waals surface area contributed by atoms with Gasteiger partial charge in [0.1, 0.15) is 0 Å². The van der Waals surface area contributed by atoms with Crippen molar-refractivity contribution in [2.45, 2.75) is 40.5 Å². The van der Waals surface area contributed by atoms with E-state index in [0.717, 1.165) is 17.6 Å². The summed E-state index contributed by atoms with van der Waals surface area (Å²) in [5.41, 5.74) is 2.42. The topological polar surface area (TPSA) is 169 Å². The van der Waals surface area contributed by atoms with Crippen molar-refractivity contribution in [3.8, 4) is 0 Å². The zero-order valence-corrected chi connectivity index (χ0v) is 19.4. The van der Waals surface area contributed by atoms with Crippen molar-refractivity contribution in [1.82, 2.24) is 0 Å². The van der Waals surface area contributed by atoms with E-state index in [1.165, 1.54) is 19.1 Å². The van der Waals surface area contributed by atoms with Crippen LogP contribution in [0.15, 0.2) is 34.9 Å². The Bertz CT molecular complexity index is 753. The monoisotopic (exact) mass is 478 g/mol. The Morgan fingerprint density at radius 3 is 1.62 bits per heavy atom. The van der Waals surface area contributed by atoms with Crippen molar-refractivity contribution in [2.24, 2.45) is 0 Å². The van der Waals surface area contributed by atoms with Crippen LogP contribution in [-0.2, 0) is 31.4 Å². The predicted molar refractivity (Wildman–Crippen MR) is 107 cm³/mol. The summed E-state index contributed by atoms with van der Waals surface area (Å²) in [5.74, 6) is 0. The van der Waals surface area contributed by atoms with Crippen molar-refractivity contribution in [1.29, 1.82) is 0 Å². The van der Waals surface area contributed by atoms with E-state index in [1.807, 2.05) is 19.9 Å². The third-order valence-corrected chi connectivity index (χ3v) is 7.34. The zero-order chi connectivity index (χ0) is 22.7. The van der Waals surface area contributed by atoms with Gasteiger partial charge in [-0.25, -0.2) is 13.7 Å². The third-order valence-electron chi connectivity index (χ3n) is 3.09. The second-order valence-corrected chi connectivity index (χ2v) is 10.9. The molecule has 0 saturated heterocycles. The highest BCUT2D eigenvalue weighted by Crippen LogP contribution is 2.67. The highest BCUT2D eigenvalue weighted by atomic mass is 31.3. The molecule has 29 heavy (non-hydrogen) atoms. The van der Waals surface area contributed by atoms with Crippen LogP contribution in [0.1, 0.15) is 40.5 Å². The molecule has 11 nitrogen and oxygen atoms in total. The van der Waals surface area contributed by atoms with Crippen molar-refractivity contribution in [3.63, 3.8) is 0 Å². The lowest BCUT2D eigenvalue weighted by atomic mass is 10.1. The highest BCUT2D eigenvalue weighted by Gasteiger charge is 2.41. The van der Waals surface area contributed by atoms with Gasteiger partial charge in [0.2, 0.25) is 0 Å². The Balaban J connectivity index is 4.67. The number of hydrogen-bond donors (Lipinski definition) is 4. The average molecular weight is 478 g/mol. The van der Waals surface area contributed by atoms with Gasteiger partial charge in [0, 0.05) is 0 Å². The molecule has 0 rings (SSSR count). The molecular weight excluding hydrogens is 449 g/mol. The molecule has 0 aliphatic heterocycles. The summed E-state index contributed by atoms with van der Waals surface area (Å²) in [5, 5.41) is 8.78. The molecule has 4 N–H and O–H groups in total. The Labute approximate surface area is 170 Å². The van der Waals surface area contributed by atoms with E-state index in [4.69, 9.17) is 5.11 Å². The van der Waals surface area contributed by atoms with E-state index < -0.39 is 36.7 Å². The molecule has 0 bridgehead atoms. The molecule has 0 aromatic heterocycles. The molecule has 3 unspecified atom stereocenters. The molecule has 0 aliphatic carbocycles. The van der Waals surface area contributed by atoms with Gasteiger partial charge in [0.25, 0.3) is 0 Å². The summed E-state index contributed by atoms with van der Waals surface area (Å²) in [6, 6.07) is 0. The SMILES string of the molecule is CC(C)=CCC/C(C)=C/COP(=O)(O)OP(=O)(O)OP(=O)(O)OC/C=C(\C)CO. The van der Waals surface area contributed by atoms with Gasteiger partial charge in [0.05, 0.1) is 19.8 Å².